The first-order valence-corrected chi connectivity index (χ1v) is 6.07. The van der Waals surface area contributed by atoms with E-state index < -0.39 is 6.10 Å². The maximum absolute atomic E-state index is 9.98. The van der Waals surface area contributed by atoms with Gasteiger partial charge in [0.1, 0.15) is 6.10 Å². The van der Waals surface area contributed by atoms with Crippen LogP contribution in [-0.4, -0.2) is 16.6 Å². The van der Waals surface area contributed by atoms with Gasteiger partial charge in [-0.05, 0) is 49.2 Å². The van der Waals surface area contributed by atoms with Gasteiger partial charge in [-0.15, -0.1) is 0 Å². The average Bonchev–Trinajstić information content (AvgIpc) is 2.41. The van der Waals surface area contributed by atoms with Crippen LogP contribution < -0.4 is 5.32 Å². The van der Waals surface area contributed by atoms with Crippen molar-refractivity contribution in [2.24, 2.45) is 0 Å². The van der Waals surface area contributed by atoms with E-state index in [0.717, 1.165) is 5.69 Å². The minimum atomic E-state index is -0.590. The van der Waals surface area contributed by atoms with Crippen molar-refractivity contribution in [3.63, 3.8) is 0 Å². The number of anilines is 1. The SMILES string of the molecule is Cc1ccc(NCC(O)c2ccccn2)cc1C. The van der Waals surface area contributed by atoms with Gasteiger partial charge in [-0.25, -0.2) is 0 Å². The Morgan fingerprint density at radius 2 is 2.00 bits per heavy atom. The second-order valence-corrected chi connectivity index (χ2v) is 4.45. The van der Waals surface area contributed by atoms with Crippen molar-refractivity contribution in [3.8, 4) is 0 Å². The molecule has 3 nitrogen and oxygen atoms in total. The van der Waals surface area contributed by atoms with E-state index in [0.29, 0.717) is 12.2 Å². The van der Waals surface area contributed by atoms with Gasteiger partial charge in [0.05, 0.1) is 5.69 Å². The predicted molar refractivity (Wildman–Crippen MR) is 73.6 cm³/mol. The van der Waals surface area contributed by atoms with Crippen LogP contribution in [0.3, 0.4) is 0 Å². The fourth-order valence-electron chi connectivity index (χ4n) is 1.74. The number of benzene rings is 1. The van der Waals surface area contributed by atoms with Crippen molar-refractivity contribution in [3.05, 3.63) is 59.4 Å². The number of aliphatic hydroxyl groups excluding tert-OH is 1. The summed E-state index contributed by atoms with van der Waals surface area (Å²) in [6, 6.07) is 11.7. The highest BCUT2D eigenvalue weighted by molar-refractivity contribution is 5.48. The molecule has 1 aromatic heterocycles. The second-order valence-electron chi connectivity index (χ2n) is 4.45. The molecule has 0 fully saturated rings. The Kier molecular flexibility index (Phi) is 3.95. The van der Waals surface area contributed by atoms with Crippen LogP contribution in [0, 0.1) is 13.8 Å². The molecule has 0 saturated carbocycles. The van der Waals surface area contributed by atoms with Gasteiger partial charge in [-0.2, -0.15) is 0 Å². The topological polar surface area (TPSA) is 45.1 Å². The van der Waals surface area contributed by atoms with E-state index in [2.05, 4.69) is 36.3 Å². The fourth-order valence-corrected chi connectivity index (χ4v) is 1.74. The summed E-state index contributed by atoms with van der Waals surface area (Å²) >= 11 is 0. The van der Waals surface area contributed by atoms with Crippen LogP contribution in [0.25, 0.3) is 0 Å². The molecule has 0 aliphatic heterocycles. The Balaban J connectivity index is 1.97. The lowest BCUT2D eigenvalue weighted by Crippen LogP contribution is -2.13. The highest BCUT2D eigenvalue weighted by Gasteiger charge is 2.07. The summed E-state index contributed by atoms with van der Waals surface area (Å²) < 4.78 is 0. The summed E-state index contributed by atoms with van der Waals surface area (Å²) in [5.41, 5.74) is 4.22. The molecule has 0 bridgehead atoms. The minimum absolute atomic E-state index is 0.458. The third-order valence-corrected chi connectivity index (χ3v) is 3.04. The monoisotopic (exact) mass is 242 g/mol. The molecule has 18 heavy (non-hydrogen) atoms. The lowest BCUT2D eigenvalue weighted by Gasteiger charge is -2.13. The number of hydrogen-bond acceptors (Lipinski definition) is 3. The molecule has 1 atom stereocenters. The molecule has 1 unspecified atom stereocenters. The van der Waals surface area contributed by atoms with Gasteiger partial charge in [0.25, 0.3) is 0 Å². The molecule has 0 radical (unpaired) electrons. The van der Waals surface area contributed by atoms with Gasteiger partial charge in [-0.1, -0.05) is 12.1 Å². The number of nitrogens with zero attached hydrogens (tertiary/aromatic N) is 1. The lowest BCUT2D eigenvalue weighted by molar-refractivity contribution is 0.187. The highest BCUT2D eigenvalue weighted by atomic mass is 16.3. The van der Waals surface area contributed by atoms with Gasteiger partial charge in [0.2, 0.25) is 0 Å². The molecule has 2 N–H and O–H groups in total. The molecule has 1 aromatic carbocycles. The van der Waals surface area contributed by atoms with Crippen LogP contribution in [0.5, 0.6) is 0 Å². The first kappa shape index (κ1) is 12.6. The Morgan fingerprint density at radius 1 is 1.17 bits per heavy atom. The van der Waals surface area contributed by atoms with E-state index in [1.54, 1.807) is 6.20 Å². The summed E-state index contributed by atoms with van der Waals surface area (Å²) in [5, 5.41) is 13.2. The number of hydrogen-bond donors (Lipinski definition) is 2. The van der Waals surface area contributed by atoms with Gasteiger partial charge in [-0.3, -0.25) is 4.98 Å². The fraction of sp³-hybridized carbons (Fsp3) is 0.267. The molecule has 0 spiro atoms. The minimum Gasteiger partial charge on any atom is -0.385 e. The Hall–Kier alpha value is -1.87. The van der Waals surface area contributed by atoms with E-state index in [1.165, 1.54) is 11.1 Å². The highest BCUT2D eigenvalue weighted by Crippen LogP contribution is 2.16. The van der Waals surface area contributed by atoms with Crippen molar-refractivity contribution in [1.82, 2.24) is 4.98 Å². The van der Waals surface area contributed by atoms with Gasteiger partial charge < -0.3 is 10.4 Å². The van der Waals surface area contributed by atoms with Crippen LogP contribution in [-0.2, 0) is 0 Å². The molecular formula is C15H18N2O. The number of aryl methyl sites for hydroxylation is 2. The first-order chi connectivity index (χ1) is 8.66. The molecule has 2 rings (SSSR count). The molecule has 94 valence electrons. The third-order valence-electron chi connectivity index (χ3n) is 3.04. The number of rotatable bonds is 4. The summed E-state index contributed by atoms with van der Waals surface area (Å²) in [5.74, 6) is 0. The third kappa shape index (κ3) is 3.08. The molecule has 0 amide bonds. The maximum atomic E-state index is 9.98. The van der Waals surface area contributed by atoms with Crippen LogP contribution in [0.4, 0.5) is 5.69 Å². The van der Waals surface area contributed by atoms with Crippen molar-refractivity contribution in [2.45, 2.75) is 20.0 Å². The van der Waals surface area contributed by atoms with Crippen LogP contribution in [0.2, 0.25) is 0 Å². The molecule has 0 aliphatic rings. The second kappa shape index (κ2) is 5.65. The van der Waals surface area contributed by atoms with Gasteiger partial charge >= 0.3 is 0 Å². The molecule has 1 heterocycles. The van der Waals surface area contributed by atoms with E-state index in [4.69, 9.17) is 0 Å². The van der Waals surface area contributed by atoms with E-state index in [1.807, 2.05) is 24.3 Å². The smallest absolute Gasteiger partial charge is 0.113 e. The summed E-state index contributed by atoms with van der Waals surface area (Å²) in [4.78, 5) is 4.13. The van der Waals surface area contributed by atoms with Crippen molar-refractivity contribution in [1.29, 1.82) is 0 Å². The first-order valence-electron chi connectivity index (χ1n) is 6.07. The van der Waals surface area contributed by atoms with Crippen molar-refractivity contribution in [2.75, 3.05) is 11.9 Å². The van der Waals surface area contributed by atoms with Crippen molar-refractivity contribution >= 4 is 5.69 Å². The van der Waals surface area contributed by atoms with E-state index in [-0.39, 0.29) is 0 Å². The number of pyridine rings is 1. The standard InChI is InChI=1S/C15H18N2O/c1-11-6-7-13(9-12(11)2)17-10-15(18)14-5-3-4-8-16-14/h3-9,15,17-18H,10H2,1-2H3. The zero-order chi connectivity index (χ0) is 13.0. The molecule has 0 aliphatic carbocycles. The van der Waals surface area contributed by atoms with E-state index in [9.17, 15) is 5.11 Å². The normalized spacial score (nSPS) is 12.2. The predicted octanol–water partition coefficient (Wildman–Crippen LogP) is 2.84. The maximum Gasteiger partial charge on any atom is 0.113 e. The quantitative estimate of drug-likeness (QED) is 0.866. The average molecular weight is 242 g/mol. The number of aliphatic hydroxyl groups is 1. The Labute approximate surface area is 108 Å². The van der Waals surface area contributed by atoms with Crippen LogP contribution in [0.1, 0.15) is 22.9 Å². The molecule has 2 aromatic rings. The Morgan fingerprint density at radius 3 is 2.67 bits per heavy atom. The number of aromatic nitrogens is 1. The molecule has 3 heteroatoms. The largest absolute Gasteiger partial charge is 0.385 e. The van der Waals surface area contributed by atoms with Gasteiger partial charge in [0, 0.05) is 18.4 Å². The van der Waals surface area contributed by atoms with Crippen molar-refractivity contribution < 1.29 is 5.11 Å². The lowest BCUT2D eigenvalue weighted by atomic mass is 10.1. The summed E-state index contributed by atoms with van der Waals surface area (Å²) in [6.07, 6.45) is 1.10. The molecular weight excluding hydrogens is 224 g/mol. The van der Waals surface area contributed by atoms with Crippen LogP contribution >= 0.6 is 0 Å². The van der Waals surface area contributed by atoms with Crippen LogP contribution in [0.15, 0.2) is 42.6 Å². The summed E-state index contributed by atoms with van der Waals surface area (Å²) in [7, 11) is 0. The van der Waals surface area contributed by atoms with Gasteiger partial charge in [0.15, 0.2) is 0 Å². The number of nitrogens with one attached hydrogen (secondary N) is 1. The zero-order valence-electron chi connectivity index (χ0n) is 10.7. The van der Waals surface area contributed by atoms with E-state index >= 15 is 0 Å². The Bertz CT molecular complexity index is 511. The summed E-state index contributed by atoms with van der Waals surface area (Å²) in [6.45, 7) is 4.62. The zero-order valence-corrected chi connectivity index (χ0v) is 10.7. The molecule has 0 saturated heterocycles.